The van der Waals surface area contributed by atoms with Crippen LogP contribution in [0.15, 0.2) is 18.2 Å². The lowest BCUT2D eigenvalue weighted by Gasteiger charge is -2.17. The summed E-state index contributed by atoms with van der Waals surface area (Å²) in [6, 6.07) is 5.68. The molecule has 0 atom stereocenters. The SMILES string of the molecule is CCCCN(C)Cc1ccc(Cl)cc1Cl. The first kappa shape index (κ1) is 12.8. The van der Waals surface area contributed by atoms with Gasteiger partial charge in [-0.05, 0) is 37.7 Å². The van der Waals surface area contributed by atoms with Crippen LogP contribution in [0.5, 0.6) is 0 Å². The summed E-state index contributed by atoms with van der Waals surface area (Å²) in [4.78, 5) is 2.28. The van der Waals surface area contributed by atoms with Gasteiger partial charge in [-0.25, -0.2) is 0 Å². The van der Waals surface area contributed by atoms with Gasteiger partial charge in [0, 0.05) is 16.6 Å². The fraction of sp³-hybridized carbons (Fsp3) is 0.500. The predicted molar refractivity (Wildman–Crippen MR) is 67.7 cm³/mol. The highest BCUT2D eigenvalue weighted by molar-refractivity contribution is 6.35. The van der Waals surface area contributed by atoms with Crippen molar-refractivity contribution in [2.24, 2.45) is 0 Å². The van der Waals surface area contributed by atoms with Crippen molar-refractivity contribution in [3.8, 4) is 0 Å². The molecule has 0 amide bonds. The van der Waals surface area contributed by atoms with Crippen LogP contribution in [0.1, 0.15) is 25.3 Å². The molecular weight excluding hydrogens is 229 g/mol. The van der Waals surface area contributed by atoms with Crippen LogP contribution in [-0.4, -0.2) is 18.5 Å². The second kappa shape index (κ2) is 6.37. The van der Waals surface area contributed by atoms with Crippen LogP contribution >= 0.6 is 23.2 Å². The van der Waals surface area contributed by atoms with Gasteiger partial charge in [0.1, 0.15) is 0 Å². The molecule has 0 saturated heterocycles. The zero-order valence-corrected chi connectivity index (χ0v) is 10.8. The number of rotatable bonds is 5. The van der Waals surface area contributed by atoms with Gasteiger partial charge in [0.2, 0.25) is 0 Å². The molecule has 0 aliphatic heterocycles. The molecule has 1 aromatic rings. The molecule has 0 aliphatic carbocycles. The van der Waals surface area contributed by atoms with Gasteiger partial charge >= 0.3 is 0 Å². The molecule has 1 nitrogen and oxygen atoms in total. The number of benzene rings is 1. The van der Waals surface area contributed by atoms with Crippen molar-refractivity contribution < 1.29 is 0 Å². The largest absolute Gasteiger partial charge is 0.302 e. The van der Waals surface area contributed by atoms with E-state index < -0.39 is 0 Å². The van der Waals surface area contributed by atoms with Crippen molar-refractivity contribution in [2.75, 3.05) is 13.6 Å². The molecule has 0 fully saturated rings. The molecule has 1 rings (SSSR count). The molecule has 0 aliphatic rings. The zero-order chi connectivity index (χ0) is 11.3. The van der Waals surface area contributed by atoms with Gasteiger partial charge in [0.25, 0.3) is 0 Å². The van der Waals surface area contributed by atoms with Crippen molar-refractivity contribution in [3.05, 3.63) is 33.8 Å². The third-order valence-corrected chi connectivity index (χ3v) is 2.94. The van der Waals surface area contributed by atoms with Gasteiger partial charge in [0.15, 0.2) is 0 Å². The average molecular weight is 246 g/mol. The Morgan fingerprint density at radius 2 is 2.00 bits per heavy atom. The summed E-state index contributed by atoms with van der Waals surface area (Å²) in [5.74, 6) is 0. The van der Waals surface area contributed by atoms with E-state index in [1.165, 1.54) is 12.8 Å². The summed E-state index contributed by atoms with van der Waals surface area (Å²) in [7, 11) is 2.11. The van der Waals surface area contributed by atoms with Gasteiger partial charge in [-0.15, -0.1) is 0 Å². The van der Waals surface area contributed by atoms with E-state index >= 15 is 0 Å². The minimum Gasteiger partial charge on any atom is -0.302 e. The maximum Gasteiger partial charge on any atom is 0.0465 e. The Hall–Kier alpha value is -0.240. The topological polar surface area (TPSA) is 3.24 Å². The Kier molecular flexibility index (Phi) is 5.44. The second-order valence-corrected chi connectivity index (χ2v) is 4.67. The Balaban J connectivity index is 2.56. The quantitative estimate of drug-likeness (QED) is 0.751. The Bertz CT molecular complexity index is 312. The number of halogens is 2. The van der Waals surface area contributed by atoms with E-state index in [4.69, 9.17) is 23.2 Å². The van der Waals surface area contributed by atoms with Crippen LogP contribution in [0, 0.1) is 0 Å². The van der Waals surface area contributed by atoms with E-state index in [1.807, 2.05) is 12.1 Å². The zero-order valence-electron chi connectivity index (χ0n) is 9.26. The number of hydrogen-bond donors (Lipinski definition) is 0. The van der Waals surface area contributed by atoms with E-state index in [9.17, 15) is 0 Å². The number of unbranched alkanes of at least 4 members (excludes halogenated alkanes) is 1. The van der Waals surface area contributed by atoms with E-state index in [0.29, 0.717) is 5.02 Å². The number of hydrogen-bond acceptors (Lipinski definition) is 1. The molecule has 0 heterocycles. The minimum absolute atomic E-state index is 0.694. The summed E-state index contributed by atoms with van der Waals surface area (Å²) in [6.07, 6.45) is 2.44. The molecule has 1 aromatic carbocycles. The van der Waals surface area contributed by atoms with Gasteiger partial charge in [-0.1, -0.05) is 42.6 Å². The van der Waals surface area contributed by atoms with Crippen LogP contribution in [0.3, 0.4) is 0 Å². The summed E-state index contributed by atoms with van der Waals surface area (Å²) in [6.45, 7) is 4.19. The molecule has 84 valence electrons. The van der Waals surface area contributed by atoms with Crippen molar-refractivity contribution in [1.29, 1.82) is 0 Å². The fourth-order valence-corrected chi connectivity index (χ4v) is 1.92. The van der Waals surface area contributed by atoms with E-state index in [0.717, 1.165) is 23.7 Å². The fourth-order valence-electron chi connectivity index (χ4n) is 1.45. The molecule has 0 unspecified atom stereocenters. The van der Waals surface area contributed by atoms with Crippen molar-refractivity contribution in [3.63, 3.8) is 0 Å². The second-order valence-electron chi connectivity index (χ2n) is 3.83. The smallest absolute Gasteiger partial charge is 0.0465 e. The average Bonchev–Trinajstić information content (AvgIpc) is 2.19. The van der Waals surface area contributed by atoms with E-state index in [1.54, 1.807) is 6.07 Å². The molecular formula is C12H17Cl2N. The lowest BCUT2D eigenvalue weighted by molar-refractivity contribution is 0.321. The van der Waals surface area contributed by atoms with E-state index in [-0.39, 0.29) is 0 Å². The van der Waals surface area contributed by atoms with Crippen LogP contribution in [0.2, 0.25) is 10.0 Å². The molecule has 15 heavy (non-hydrogen) atoms. The Morgan fingerprint density at radius 3 is 2.60 bits per heavy atom. The van der Waals surface area contributed by atoms with Crippen molar-refractivity contribution in [1.82, 2.24) is 4.90 Å². The first-order valence-electron chi connectivity index (χ1n) is 5.26. The molecule has 0 spiro atoms. The van der Waals surface area contributed by atoms with Gasteiger partial charge in [-0.2, -0.15) is 0 Å². The molecule has 0 N–H and O–H groups in total. The molecule has 3 heteroatoms. The third kappa shape index (κ3) is 4.42. The summed E-state index contributed by atoms with van der Waals surface area (Å²) in [5.41, 5.74) is 1.14. The summed E-state index contributed by atoms with van der Waals surface area (Å²) >= 11 is 11.9. The normalized spacial score (nSPS) is 11.0. The van der Waals surface area contributed by atoms with E-state index in [2.05, 4.69) is 18.9 Å². The molecule has 0 saturated carbocycles. The Labute approximate surface area is 102 Å². The standard InChI is InChI=1S/C12H17Cl2N/c1-3-4-7-15(2)9-10-5-6-11(13)8-12(10)14/h5-6,8H,3-4,7,9H2,1-2H3. The molecule has 0 bridgehead atoms. The summed E-state index contributed by atoms with van der Waals surface area (Å²) < 4.78 is 0. The maximum absolute atomic E-state index is 6.10. The maximum atomic E-state index is 6.10. The van der Waals surface area contributed by atoms with Crippen LogP contribution < -0.4 is 0 Å². The first-order chi connectivity index (χ1) is 7.13. The van der Waals surface area contributed by atoms with Gasteiger partial charge < -0.3 is 4.90 Å². The molecule has 0 radical (unpaired) electrons. The predicted octanol–water partition coefficient (Wildman–Crippen LogP) is 4.23. The Morgan fingerprint density at radius 1 is 1.27 bits per heavy atom. The monoisotopic (exact) mass is 245 g/mol. The lowest BCUT2D eigenvalue weighted by atomic mass is 10.2. The van der Waals surface area contributed by atoms with Gasteiger partial charge in [-0.3, -0.25) is 0 Å². The summed E-state index contributed by atoms with van der Waals surface area (Å²) in [5, 5.41) is 1.45. The van der Waals surface area contributed by atoms with Crippen LogP contribution in [0.4, 0.5) is 0 Å². The van der Waals surface area contributed by atoms with Crippen LogP contribution in [0.25, 0.3) is 0 Å². The van der Waals surface area contributed by atoms with Crippen LogP contribution in [-0.2, 0) is 6.54 Å². The highest BCUT2D eigenvalue weighted by Crippen LogP contribution is 2.21. The van der Waals surface area contributed by atoms with Gasteiger partial charge in [0.05, 0.1) is 0 Å². The third-order valence-electron chi connectivity index (χ3n) is 2.35. The van der Waals surface area contributed by atoms with Crippen molar-refractivity contribution >= 4 is 23.2 Å². The van der Waals surface area contributed by atoms with Crippen molar-refractivity contribution in [2.45, 2.75) is 26.3 Å². The highest BCUT2D eigenvalue weighted by Gasteiger charge is 2.04. The lowest BCUT2D eigenvalue weighted by Crippen LogP contribution is -2.19. The number of nitrogens with zero attached hydrogens (tertiary/aromatic N) is 1. The minimum atomic E-state index is 0.694. The highest BCUT2D eigenvalue weighted by atomic mass is 35.5. The molecule has 0 aromatic heterocycles. The first-order valence-corrected chi connectivity index (χ1v) is 6.01.